The molecule has 0 bridgehead atoms. The van der Waals surface area contributed by atoms with Crippen molar-refractivity contribution in [2.24, 2.45) is 0 Å². The first-order valence-corrected chi connectivity index (χ1v) is 4.02. The Morgan fingerprint density at radius 2 is 1.45 bits per heavy atom. The minimum atomic E-state index is 1.35. The maximum absolute atomic E-state index is 2.24. The molecule has 1 aromatic carbocycles. The van der Waals surface area contributed by atoms with E-state index in [2.05, 4.69) is 46.2 Å². The van der Waals surface area contributed by atoms with Gasteiger partial charge in [0.1, 0.15) is 0 Å². The van der Waals surface area contributed by atoms with E-state index in [-0.39, 0.29) is 0 Å². The Balaban J connectivity index is 3.21. The van der Waals surface area contributed by atoms with E-state index in [1.807, 2.05) is 0 Å². The molecular weight excluding hydrogens is 132 g/mol. The molecule has 0 spiro atoms. The molecule has 0 nitrogen and oxygen atoms in total. The molecule has 0 heteroatoms. The number of aryl methyl sites for hydroxylation is 3. The van der Waals surface area contributed by atoms with Crippen LogP contribution in [0.4, 0.5) is 0 Å². The molecule has 0 unspecified atom stereocenters. The van der Waals surface area contributed by atoms with Gasteiger partial charge in [0.2, 0.25) is 0 Å². The molecule has 0 saturated carbocycles. The zero-order valence-corrected chi connectivity index (χ0v) is 7.73. The van der Waals surface area contributed by atoms with Crippen LogP contribution in [0.5, 0.6) is 0 Å². The molecule has 1 radical (unpaired) electrons. The van der Waals surface area contributed by atoms with Crippen LogP contribution in [0.1, 0.15) is 29.2 Å². The molecule has 1 aromatic rings. The summed E-state index contributed by atoms with van der Waals surface area (Å²) in [5, 5.41) is 0. The molecule has 0 aromatic heterocycles. The number of benzene rings is 1. The van der Waals surface area contributed by atoms with Gasteiger partial charge in [0.15, 0.2) is 0 Å². The summed E-state index contributed by atoms with van der Waals surface area (Å²) in [7, 11) is 0. The third-order valence-electron chi connectivity index (χ3n) is 2.19. The number of rotatable bonds is 1. The van der Waals surface area contributed by atoms with Crippen LogP contribution in [-0.2, 0) is 0 Å². The van der Waals surface area contributed by atoms with Crippen molar-refractivity contribution in [2.45, 2.75) is 27.7 Å². The zero-order chi connectivity index (χ0) is 8.43. The van der Waals surface area contributed by atoms with Gasteiger partial charge in [-0.25, -0.2) is 0 Å². The standard InChI is InChI=1S/C11H15/c1-5-11-7-9(3)8(2)6-10(11)4/h5-7H,1-4H3. The van der Waals surface area contributed by atoms with Crippen LogP contribution in [0, 0.1) is 27.2 Å². The van der Waals surface area contributed by atoms with E-state index in [0.29, 0.717) is 0 Å². The molecule has 1 rings (SSSR count). The summed E-state index contributed by atoms with van der Waals surface area (Å²) < 4.78 is 0. The molecule has 0 aliphatic rings. The molecule has 0 N–H and O–H groups in total. The van der Waals surface area contributed by atoms with Gasteiger partial charge in [0, 0.05) is 0 Å². The molecule has 11 heavy (non-hydrogen) atoms. The molecule has 0 aliphatic carbocycles. The zero-order valence-electron chi connectivity index (χ0n) is 7.73. The fourth-order valence-electron chi connectivity index (χ4n) is 1.29. The Labute approximate surface area is 69.3 Å². The van der Waals surface area contributed by atoms with Crippen LogP contribution in [0.2, 0.25) is 0 Å². The first-order valence-electron chi connectivity index (χ1n) is 4.02. The lowest BCUT2D eigenvalue weighted by molar-refractivity contribution is 1.24. The van der Waals surface area contributed by atoms with E-state index < -0.39 is 0 Å². The molecule has 0 amide bonds. The lowest BCUT2D eigenvalue weighted by Gasteiger charge is -2.06. The normalized spacial score (nSPS) is 10.2. The van der Waals surface area contributed by atoms with Crippen molar-refractivity contribution in [1.82, 2.24) is 0 Å². The molecule has 59 valence electrons. The largest absolute Gasteiger partial charge is 0.0578 e. The van der Waals surface area contributed by atoms with Crippen molar-refractivity contribution in [2.75, 3.05) is 0 Å². The quantitative estimate of drug-likeness (QED) is 0.572. The summed E-state index contributed by atoms with van der Waals surface area (Å²) >= 11 is 0. The number of hydrogen-bond donors (Lipinski definition) is 0. The molecule has 0 saturated heterocycles. The Bertz CT molecular complexity index is 259. The Morgan fingerprint density at radius 1 is 0.909 bits per heavy atom. The van der Waals surface area contributed by atoms with E-state index in [9.17, 15) is 0 Å². The van der Waals surface area contributed by atoms with E-state index >= 15 is 0 Å². The van der Waals surface area contributed by atoms with E-state index in [1.165, 1.54) is 22.3 Å². The minimum absolute atomic E-state index is 1.35. The second kappa shape index (κ2) is 3.08. The highest BCUT2D eigenvalue weighted by Crippen LogP contribution is 2.16. The van der Waals surface area contributed by atoms with Gasteiger partial charge in [-0.3, -0.25) is 0 Å². The summed E-state index contributed by atoms with van der Waals surface area (Å²) in [5.41, 5.74) is 5.49. The third-order valence-corrected chi connectivity index (χ3v) is 2.19. The van der Waals surface area contributed by atoms with Crippen molar-refractivity contribution in [3.05, 3.63) is 40.8 Å². The highest BCUT2D eigenvalue weighted by atomic mass is 14.0. The summed E-state index contributed by atoms with van der Waals surface area (Å²) in [6.45, 7) is 8.54. The van der Waals surface area contributed by atoms with Crippen LogP contribution >= 0.6 is 0 Å². The summed E-state index contributed by atoms with van der Waals surface area (Å²) in [5.74, 6) is 0. The average Bonchev–Trinajstić information content (AvgIpc) is 1.97. The Hall–Kier alpha value is -0.780. The van der Waals surface area contributed by atoms with Crippen molar-refractivity contribution < 1.29 is 0 Å². The van der Waals surface area contributed by atoms with Crippen LogP contribution in [0.25, 0.3) is 0 Å². The van der Waals surface area contributed by atoms with Gasteiger partial charge in [-0.1, -0.05) is 19.1 Å². The molecular formula is C11H15. The van der Waals surface area contributed by atoms with Crippen LogP contribution in [-0.4, -0.2) is 0 Å². The highest BCUT2D eigenvalue weighted by Gasteiger charge is 1.98. The van der Waals surface area contributed by atoms with Gasteiger partial charge < -0.3 is 0 Å². The second-order valence-corrected chi connectivity index (χ2v) is 3.08. The fraction of sp³-hybridized carbons (Fsp3) is 0.364. The maximum Gasteiger partial charge on any atom is -0.0121 e. The minimum Gasteiger partial charge on any atom is -0.0578 e. The predicted octanol–water partition coefficient (Wildman–Crippen LogP) is 3.18. The monoisotopic (exact) mass is 147 g/mol. The second-order valence-electron chi connectivity index (χ2n) is 3.08. The molecule has 0 fully saturated rings. The molecule has 0 atom stereocenters. The maximum atomic E-state index is 2.24. The van der Waals surface area contributed by atoms with Gasteiger partial charge in [0.25, 0.3) is 0 Å². The van der Waals surface area contributed by atoms with E-state index in [0.717, 1.165) is 0 Å². The lowest BCUT2D eigenvalue weighted by atomic mass is 9.99. The summed E-state index contributed by atoms with van der Waals surface area (Å²) in [6.07, 6.45) is 2.15. The topological polar surface area (TPSA) is 0 Å². The van der Waals surface area contributed by atoms with Crippen molar-refractivity contribution in [1.29, 1.82) is 0 Å². The van der Waals surface area contributed by atoms with Gasteiger partial charge in [-0.15, -0.1) is 0 Å². The van der Waals surface area contributed by atoms with E-state index in [4.69, 9.17) is 0 Å². The van der Waals surface area contributed by atoms with Gasteiger partial charge >= 0.3 is 0 Å². The van der Waals surface area contributed by atoms with Gasteiger partial charge in [-0.2, -0.15) is 0 Å². The smallest absolute Gasteiger partial charge is 0.0121 e. The lowest BCUT2D eigenvalue weighted by Crippen LogP contribution is -1.89. The first-order chi connectivity index (χ1) is 5.15. The first kappa shape index (κ1) is 8.32. The molecule has 0 aliphatic heterocycles. The summed E-state index contributed by atoms with van der Waals surface area (Å²) in [4.78, 5) is 0. The fourth-order valence-corrected chi connectivity index (χ4v) is 1.29. The molecule has 0 heterocycles. The summed E-state index contributed by atoms with van der Waals surface area (Å²) in [6, 6.07) is 4.48. The highest BCUT2D eigenvalue weighted by molar-refractivity contribution is 5.39. The van der Waals surface area contributed by atoms with Crippen LogP contribution in [0.15, 0.2) is 12.1 Å². The van der Waals surface area contributed by atoms with Gasteiger partial charge in [0.05, 0.1) is 0 Å². The van der Waals surface area contributed by atoms with Crippen LogP contribution < -0.4 is 0 Å². The number of hydrogen-bond acceptors (Lipinski definition) is 0. The average molecular weight is 147 g/mol. The Morgan fingerprint density at radius 3 is 2.00 bits per heavy atom. The SMILES string of the molecule is C[CH]c1cc(C)c(C)cc1C. The van der Waals surface area contributed by atoms with Crippen LogP contribution in [0.3, 0.4) is 0 Å². The van der Waals surface area contributed by atoms with E-state index in [1.54, 1.807) is 0 Å². The predicted molar refractivity (Wildman–Crippen MR) is 49.7 cm³/mol. The van der Waals surface area contributed by atoms with Gasteiger partial charge in [-0.05, 0) is 49.4 Å². The van der Waals surface area contributed by atoms with Crippen molar-refractivity contribution in [3.63, 3.8) is 0 Å². The van der Waals surface area contributed by atoms with Crippen molar-refractivity contribution in [3.8, 4) is 0 Å². The Kier molecular flexibility index (Phi) is 2.33. The van der Waals surface area contributed by atoms with Crippen molar-refractivity contribution >= 4 is 0 Å². The third kappa shape index (κ3) is 1.62.